The highest BCUT2D eigenvalue weighted by molar-refractivity contribution is 6.04. The largest absolute Gasteiger partial charge is 0.334 e. The van der Waals surface area contributed by atoms with Crippen LogP contribution >= 0.6 is 0 Å². The van der Waals surface area contributed by atoms with Crippen LogP contribution in [-0.4, -0.2) is 60.0 Å². The number of nitrogens with zero attached hydrogens (tertiary/aromatic N) is 3. The molecule has 3 rings (SSSR count). The van der Waals surface area contributed by atoms with Crippen molar-refractivity contribution in [2.24, 2.45) is 4.99 Å². The Morgan fingerprint density at radius 3 is 2.65 bits per heavy atom. The van der Waals surface area contributed by atoms with Crippen LogP contribution in [0.3, 0.4) is 0 Å². The van der Waals surface area contributed by atoms with Crippen molar-refractivity contribution in [1.29, 1.82) is 0 Å². The average molecular weight is 357 g/mol. The maximum Gasteiger partial charge on any atom is 0.325 e. The number of carbonyl (C=O) groups excluding carboxylic acids is 2. The number of carbonyl (C=O) groups is 2. The van der Waals surface area contributed by atoms with Crippen molar-refractivity contribution < 1.29 is 9.59 Å². The van der Waals surface area contributed by atoms with Gasteiger partial charge in [-0.3, -0.25) is 15.1 Å². The van der Waals surface area contributed by atoms with E-state index in [2.05, 4.69) is 29.7 Å². The van der Waals surface area contributed by atoms with Gasteiger partial charge in [-0.2, -0.15) is 0 Å². The maximum atomic E-state index is 12.4. The lowest BCUT2D eigenvalue weighted by molar-refractivity contribution is -0.127. The maximum absolute atomic E-state index is 12.4. The summed E-state index contributed by atoms with van der Waals surface area (Å²) in [6.45, 7) is 3.54. The molecule has 2 atom stereocenters. The third kappa shape index (κ3) is 3.81. The van der Waals surface area contributed by atoms with E-state index in [0.29, 0.717) is 12.5 Å². The summed E-state index contributed by atoms with van der Waals surface area (Å²) in [6.07, 6.45) is 3.67. The molecular formula is C19H27N5O2. The highest BCUT2D eigenvalue weighted by Gasteiger charge is 2.49. The van der Waals surface area contributed by atoms with Gasteiger partial charge in [0.25, 0.3) is 5.91 Å². The van der Waals surface area contributed by atoms with E-state index in [1.54, 1.807) is 11.9 Å². The van der Waals surface area contributed by atoms with E-state index >= 15 is 0 Å². The zero-order chi connectivity index (χ0) is 18.5. The smallest absolute Gasteiger partial charge is 0.325 e. The number of hydrogen-bond acceptors (Lipinski definition) is 3. The SMILES string of the molecule is CCCCCN1C(=NCCc2ccccc2)NC2C1C(=O)NC(=O)N2C. The number of guanidine groups is 1. The quantitative estimate of drug-likeness (QED) is 0.726. The summed E-state index contributed by atoms with van der Waals surface area (Å²) in [5.41, 5.74) is 1.23. The van der Waals surface area contributed by atoms with Crippen LogP contribution in [0.2, 0.25) is 0 Å². The molecule has 2 aliphatic heterocycles. The minimum atomic E-state index is -0.426. The van der Waals surface area contributed by atoms with E-state index in [0.717, 1.165) is 32.2 Å². The molecule has 1 aromatic carbocycles. The zero-order valence-electron chi connectivity index (χ0n) is 15.4. The molecule has 0 saturated carbocycles. The van der Waals surface area contributed by atoms with Gasteiger partial charge in [0.1, 0.15) is 6.17 Å². The number of benzene rings is 1. The van der Waals surface area contributed by atoms with Gasteiger partial charge in [0.05, 0.1) is 0 Å². The summed E-state index contributed by atoms with van der Waals surface area (Å²) in [6, 6.07) is 9.41. The molecule has 140 valence electrons. The number of fused-ring (bicyclic) bond motifs is 1. The van der Waals surface area contributed by atoms with Crippen molar-refractivity contribution in [3.8, 4) is 0 Å². The fraction of sp³-hybridized carbons (Fsp3) is 0.526. The minimum absolute atomic E-state index is 0.254. The molecule has 0 aromatic heterocycles. The number of unbranched alkanes of at least 4 members (excludes halogenated alkanes) is 2. The second kappa shape index (κ2) is 8.21. The highest BCUT2D eigenvalue weighted by atomic mass is 16.2. The molecule has 2 fully saturated rings. The van der Waals surface area contributed by atoms with Gasteiger partial charge in [-0.25, -0.2) is 4.79 Å². The molecule has 2 saturated heterocycles. The van der Waals surface area contributed by atoms with Gasteiger partial charge in [-0.1, -0.05) is 50.1 Å². The van der Waals surface area contributed by atoms with Crippen molar-refractivity contribution >= 4 is 17.9 Å². The Hall–Kier alpha value is -2.57. The van der Waals surface area contributed by atoms with Crippen molar-refractivity contribution in [3.63, 3.8) is 0 Å². The summed E-state index contributed by atoms with van der Waals surface area (Å²) < 4.78 is 0. The third-order valence-electron chi connectivity index (χ3n) is 4.93. The standard InChI is InChI=1S/C19H27N5O2/c1-3-4-8-13-24-15-16(23(2)19(26)22-17(15)25)21-18(24)20-12-11-14-9-6-5-7-10-14/h5-7,9-10,15-16H,3-4,8,11-13H2,1-2H3,(H,20,21)(H,22,25,26). The number of amides is 3. The summed E-state index contributed by atoms with van der Waals surface area (Å²) in [4.78, 5) is 32.6. The summed E-state index contributed by atoms with van der Waals surface area (Å²) in [7, 11) is 1.70. The third-order valence-corrected chi connectivity index (χ3v) is 4.93. The lowest BCUT2D eigenvalue weighted by Gasteiger charge is -2.35. The normalized spacial score (nSPS) is 23.8. The van der Waals surface area contributed by atoms with Crippen molar-refractivity contribution in [2.45, 2.75) is 44.8 Å². The second-order valence-corrected chi connectivity index (χ2v) is 6.78. The first-order valence-electron chi connectivity index (χ1n) is 9.31. The molecule has 2 aliphatic rings. The van der Waals surface area contributed by atoms with Crippen molar-refractivity contribution in [2.75, 3.05) is 20.1 Å². The minimum Gasteiger partial charge on any atom is -0.334 e. The molecule has 0 spiro atoms. The van der Waals surface area contributed by atoms with Gasteiger partial charge in [-0.05, 0) is 18.4 Å². The van der Waals surface area contributed by atoms with Gasteiger partial charge in [0.15, 0.2) is 12.0 Å². The molecule has 2 unspecified atom stereocenters. The van der Waals surface area contributed by atoms with E-state index in [4.69, 9.17) is 4.99 Å². The number of rotatable bonds is 7. The molecule has 7 heteroatoms. The van der Waals surface area contributed by atoms with E-state index < -0.39 is 6.04 Å². The van der Waals surface area contributed by atoms with Crippen molar-refractivity contribution in [1.82, 2.24) is 20.4 Å². The second-order valence-electron chi connectivity index (χ2n) is 6.78. The Bertz CT molecular complexity index is 676. The van der Waals surface area contributed by atoms with Gasteiger partial charge >= 0.3 is 6.03 Å². The van der Waals surface area contributed by atoms with Gasteiger partial charge < -0.3 is 15.1 Å². The predicted molar refractivity (Wildman–Crippen MR) is 101 cm³/mol. The van der Waals surface area contributed by atoms with Crippen molar-refractivity contribution in [3.05, 3.63) is 35.9 Å². The Balaban J connectivity index is 1.74. The van der Waals surface area contributed by atoms with Crippen LogP contribution in [-0.2, 0) is 11.2 Å². The molecule has 1 aromatic rings. The first kappa shape index (κ1) is 18.2. The van der Waals surface area contributed by atoms with E-state index in [9.17, 15) is 9.59 Å². The first-order valence-corrected chi connectivity index (χ1v) is 9.31. The molecule has 0 radical (unpaired) electrons. The fourth-order valence-corrected chi connectivity index (χ4v) is 3.43. The Morgan fingerprint density at radius 2 is 1.92 bits per heavy atom. The highest BCUT2D eigenvalue weighted by Crippen LogP contribution is 2.21. The lowest BCUT2D eigenvalue weighted by Crippen LogP contribution is -2.64. The van der Waals surface area contributed by atoms with Crippen LogP contribution in [0.15, 0.2) is 35.3 Å². The summed E-state index contributed by atoms with van der Waals surface area (Å²) >= 11 is 0. The Labute approximate surface area is 154 Å². The van der Waals surface area contributed by atoms with E-state index in [1.165, 1.54) is 5.56 Å². The van der Waals surface area contributed by atoms with Crippen LogP contribution < -0.4 is 10.6 Å². The number of imide groups is 1. The molecule has 0 bridgehead atoms. The van der Waals surface area contributed by atoms with Crippen LogP contribution in [0.1, 0.15) is 31.7 Å². The summed E-state index contributed by atoms with van der Waals surface area (Å²) in [5.74, 6) is 0.457. The summed E-state index contributed by atoms with van der Waals surface area (Å²) in [5, 5.41) is 5.72. The number of likely N-dealkylation sites (N-methyl/N-ethyl adjacent to an activating group) is 1. The zero-order valence-corrected chi connectivity index (χ0v) is 15.4. The number of nitrogens with one attached hydrogen (secondary N) is 2. The van der Waals surface area contributed by atoms with Gasteiger partial charge in [0, 0.05) is 20.1 Å². The number of urea groups is 1. The topological polar surface area (TPSA) is 77.0 Å². The molecule has 7 nitrogen and oxygen atoms in total. The van der Waals surface area contributed by atoms with E-state index in [-0.39, 0.29) is 18.1 Å². The Kier molecular flexibility index (Phi) is 5.75. The average Bonchev–Trinajstić information content (AvgIpc) is 3.00. The Morgan fingerprint density at radius 1 is 1.15 bits per heavy atom. The first-order chi connectivity index (χ1) is 12.6. The number of aliphatic imine (C=N–C) groups is 1. The number of hydrogen-bond donors (Lipinski definition) is 2. The van der Waals surface area contributed by atoms with Gasteiger partial charge in [0.2, 0.25) is 0 Å². The van der Waals surface area contributed by atoms with E-state index in [1.807, 2.05) is 23.1 Å². The van der Waals surface area contributed by atoms with Crippen LogP contribution in [0.5, 0.6) is 0 Å². The lowest BCUT2D eigenvalue weighted by atomic mass is 10.1. The fourth-order valence-electron chi connectivity index (χ4n) is 3.43. The molecule has 0 aliphatic carbocycles. The van der Waals surface area contributed by atoms with Crippen LogP contribution in [0.25, 0.3) is 0 Å². The molecular weight excluding hydrogens is 330 g/mol. The monoisotopic (exact) mass is 357 g/mol. The molecule has 3 amide bonds. The molecule has 26 heavy (non-hydrogen) atoms. The van der Waals surface area contributed by atoms with Crippen LogP contribution in [0.4, 0.5) is 4.79 Å². The van der Waals surface area contributed by atoms with Gasteiger partial charge in [-0.15, -0.1) is 0 Å². The predicted octanol–water partition coefficient (Wildman–Crippen LogP) is 1.56. The molecule has 2 N–H and O–H groups in total. The van der Waals surface area contributed by atoms with Crippen LogP contribution in [0, 0.1) is 0 Å². The molecule has 2 heterocycles.